The Bertz CT molecular complexity index is 812. The monoisotopic (exact) mass is 410 g/mol. The molecular formula is C18H23BrN2O2S. The number of hydrogen-bond acceptors (Lipinski definition) is 3. The Morgan fingerprint density at radius 2 is 1.92 bits per heavy atom. The first kappa shape index (κ1) is 17.7. The third-order valence-corrected chi connectivity index (χ3v) is 7.44. The quantitative estimate of drug-likeness (QED) is 0.694. The van der Waals surface area contributed by atoms with Crippen molar-refractivity contribution in [3.05, 3.63) is 40.4 Å². The summed E-state index contributed by atoms with van der Waals surface area (Å²) in [6.45, 7) is 8.17. The van der Waals surface area contributed by atoms with Crippen LogP contribution < -0.4 is 0 Å². The topological polar surface area (TPSA) is 49.7 Å². The molecule has 130 valence electrons. The number of aliphatic imine (C=N–C) groups is 1. The lowest BCUT2D eigenvalue weighted by Gasteiger charge is -2.37. The van der Waals surface area contributed by atoms with Crippen molar-refractivity contribution in [1.82, 2.24) is 4.31 Å². The van der Waals surface area contributed by atoms with Crippen molar-refractivity contribution in [2.24, 2.45) is 10.9 Å². The number of benzene rings is 1. The largest absolute Gasteiger partial charge is 0.265 e. The minimum Gasteiger partial charge on any atom is -0.263 e. The van der Waals surface area contributed by atoms with Crippen molar-refractivity contribution in [3.63, 3.8) is 0 Å². The molecule has 0 radical (unpaired) electrons. The molecule has 24 heavy (non-hydrogen) atoms. The molecule has 2 unspecified atom stereocenters. The highest BCUT2D eigenvalue weighted by Gasteiger charge is 2.49. The minimum atomic E-state index is -3.63. The number of hydrogen-bond donors (Lipinski definition) is 0. The third kappa shape index (κ3) is 2.84. The predicted molar refractivity (Wildman–Crippen MR) is 101 cm³/mol. The van der Waals surface area contributed by atoms with Crippen molar-refractivity contribution in [3.8, 4) is 0 Å². The molecule has 1 aromatic carbocycles. The lowest BCUT2D eigenvalue weighted by Crippen LogP contribution is -2.48. The summed E-state index contributed by atoms with van der Waals surface area (Å²) >= 11 is 3.35. The standard InChI is InChI=1S/C18H23BrN2O2S/c1-12(2)14-9-10-18(4)17(11-14)21(13(3)20-18)24(22,23)16-7-5-15(19)6-8-16/h5-8,11-12,17H,9-10H2,1-4H3. The third-order valence-electron chi connectivity index (χ3n) is 5.03. The van der Waals surface area contributed by atoms with Crippen LogP contribution in [0.5, 0.6) is 0 Å². The molecule has 0 saturated carbocycles. The van der Waals surface area contributed by atoms with Crippen LogP contribution >= 0.6 is 15.9 Å². The van der Waals surface area contributed by atoms with E-state index >= 15 is 0 Å². The molecule has 0 fully saturated rings. The lowest BCUT2D eigenvalue weighted by atomic mass is 9.78. The van der Waals surface area contributed by atoms with Crippen LogP contribution in [0.25, 0.3) is 0 Å². The fraction of sp³-hybridized carbons (Fsp3) is 0.500. The zero-order valence-corrected chi connectivity index (χ0v) is 16.9. The van der Waals surface area contributed by atoms with E-state index in [9.17, 15) is 8.42 Å². The molecule has 0 bridgehead atoms. The molecule has 1 aliphatic heterocycles. The normalized spacial score (nSPS) is 27.1. The maximum atomic E-state index is 13.2. The molecule has 0 spiro atoms. The van der Waals surface area contributed by atoms with Gasteiger partial charge in [-0.3, -0.25) is 4.99 Å². The van der Waals surface area contributed by atoms with Crippen LogP contribution in [0.4, 0.5) is 0 Å². The maximum Gasteiger partial charge on any atom is 0.265 e. The first-order chi connectivity index (χ1) is 11.1. The summed E-state index contributed by atoms with van der Waals surface area (Å²) in [6.07, 6.45) is 3.99. The van der Waals surface area contributed by atoms with Crippen LogP contribution in [0, 0.1) is 5.92 Å². The number of allylic oxidation sites excluding steroid dienone is 1. The van der Waals surface area contributed by atoms with Gasteiger partial charge in [-0.2, -0.15) is 0 Å². The zero-order chi connectivity index (χ0) is 17.7. The van der Waals surface area contributed by atoms with Gasteiger partial charge in [-0.05, 0) is 56.9 Å². The molecule has 2 aliphatic rings. The fourth-order valence-electron chi connectivity index (χ4n) is 3.60. The van der Waals surface area contributed by atoms with Gasteiger partial charge in [-0.15, -0.1) is 0 Å². The molecule has 1 aromatic rings. The van der Waals surface area contributed by atoms with E-state index in [-0.39, 0.29) is 11.6 Å². The Labute approximate surface area is 152 Å². The second-order valence-electron chi connectivity index (χ2n) is 7.11. The Balaban J connectivity index is 2.07. The van der Waals surface area contributed by atoms with Gasteiger partial charge in [0.25, 0.3) is 10.0 Å². The van der Waals surface area contributed by atoms with E-state index in [0.29, 0.717) is 16.6 Å². The van der Waals surface area contributed by atoms with Gasteiger partial charge in [-0.25, -0.2) is 12.7 Å². The van der Waals surface area contributed by atoms with Crippen LogP contribution in [0.1, 0.15) is 40.5 Å². The number of halogens is 1. The summed E-state index contributed by atoms with van der Waals surface area (Å²) in [6, 6.07) is 6.55. The van der Waals surface area contributed by atoms with Gasteiger partial charge < -0.3 is 0 Å². The van der Waals surface area contributed by atoms with E-state index in [1.807, 2.05) is 0 Å². The molecule has 2 atom stereocenters. The molecule has 0 N–H and O–H groups in total. The van der Waals surface area contributed by atoms with Crippen molar-refractivity contribution >= 4 is 31.8 Å². The molecule has 1 aliphatic carbocycles. The second-order valence-corrected chi connectivity index (χ2v) is 9.84. The highest BCUT2D eigenvalue weighted by atomic mass is 79.9. The first-order valence-electron chi connectivity index (χ1n) is 8.22. The molecule has 3 rings (SSSR count). The molecule has 6 heteroatoms. The fourth-order valence-corrected chi connectivity index (χ4v) is 5.55. The zero-order valence-electron chi connectivity index (χ0n) is 14.5. The van der Waals surface area contributed by atoms with Crippen molar-refractivity contribution < 1.29 is 8.42 Å². The van der Waals surface area contributed by atoms with Crippen LogP contribution in [0.3, 0.4) is 0 Å². The highest BCUT2D eigenvalue weighted by Crippen LogP contribution is 2.42. The van der Waals surface area contributed by atoms with Gasteiger partial charge in [0.2, 0.25) is 0 Å². The summed E-state index contributed by atoms with van der Waals surface area (Å²) in [5, 5.41) is 0. The Hall–Kier alpha value is -1.14. The van der Waals surface area contributed by atoms with Gasteiger partial charge >= 0.3 is 0 Å². The molecular weight excluding hydrogens is 388 g/mol. The summed E-state index contributed by atoms with van der Waals surface area (Å²) in [7, 11) is -3.63. The number of fused-ring (bicyclic) bond motifs is 1. The number of sulfonamides is 1. The summed E-state index contributed by atoms with van der Waals surface area (Å²) in [5.74, 6) is 0.999. The van der Waals surface area contributed by atoms with Gasteiger partial charge in [0.1, 0.15) is 5.84 Å². The van der Waals surface area contributed by atoms with Gasteiger partial charge in [0.15, 0.2) is 0 Å². The van der Waals surface area contributed by atoms with Crippen molar-refractivity contribution in [2.75, 3.05) is 0 Å². The van der Waals surface area contributed by atoms with E-state index in [2.05, 4.69) is 42.8 Å². The molecule has 0 aromatic heterocycles. The van der Waals surface area contributed by atoms with E-state index in [1.54, 1.807) is 31.2 Å². The van der Waals surface area contributed by atoms with Crippen LogP contribution in [0.15, 0.2) is 50.3 Å². The van der Waals surface area contributed by atoms with Gasteiger partial charge in [0.05, 0.1) is 16.5 Å². The van der Waals surface area contributed by atoms with Crippen LogP contribution in [-0.2, 0) is 10.0 Å². The average Bonchev–Trinajstić information content (AvgIpc) is 2.77. The average molecular weight is 411 g/mol. The predicted octanol–water partition coefficient (Wildman–Crippen LogP) is 4.38. The summed E-state index contributed by atoms with van der Waals surface area (Å²) in [5.41, 5.74) is 0.948. The lowest BCUT2D eigenvalue weighted by molar-refractivity contribution is 0.319. The molecule has 1 heterocycles. The minimum absolute atomic E-state index is 0.239. The van der Waals surface area contributed by atoms with Crippen LogP contribution in [0.2, 0.25) is 0 Å². The summed E-state index contributed by atoms with van der Waals surface area (Å²) < 4.78 is 28.8. The first-order valence-corrected chi connectivity index (χ1v) is 10.5. The van der Waals surface area contributed by atoms with Crippen molar-refractivity contribution in [1.29, 1.82) is 0 Å². The highest BCUT2D eigenvalue weighted by molar-refractivity contribution is 9.10. The summed E-state index contributed by atoms with van der Waals surface area (Å²) in [4.78, 5) is 5.04. The van der Waals surface area contributed by atoms with Crippen LogP contribution in [-0.4, -0.2) is 30.1 Å². The Morgan fingerprint density at radius 1 is 1.29 bits per heavy atom. The van der Waals surface area contributed by atoms with Crippen molar-refractivity contribution in [2.45, 2.75) is 57.0 Å². The van der Waals surface area contributed by atoms with E-state index in [4.69, 9.17) is 4.99 Å². The number of rotatable bonds is 3. The van der Waals surface area contributed by atoms with Gasteiger partial charge in [0, 0.05) is 4.47 Å². The maximum absolute atomic E-state index is 13.2. The van der Waals surface area contributed by atoms with E-state index in [1.165, 1.54) is 9.88 Å². The Morgan fingerprint density at radius 3 is 2.50 bits per heavy atom. The molecule has 0 amide bonds. The molecule has 0 saturated heterocycles. The number of nitrogens with zero attached hydrogens (tertiary/aromatic N) is 2. The van der Waals surface area contributed by atoms with E-state index in [0.717, 1.165) is 17.3 Å². The van der Waals surface area contributed by atoms with E-state index < -0.39 is 10.0 Å². The number of amidine groups is 1. The molecule has 4 nitrogen and oxygen atoms in total. The Kier molecular flexibility index (Phi) is 4.41. The SMILES string of the molecule is CC1=NC2(C)CCC(C(C)C)=CC2N1S(=O)(=O)c1ccc(Br)cc1. The smallest absolute Gasteiger partial charge is 0.263 e. The second kappa shape index (κ2) is 5.99. The van der Waals surface area contributed by atoms with Gasteiger partial charge in [-0.1, -0.05) is 41.4 Å².